The van der Waals surface area contributed by atoms with E-state index in [1.165, 1.54) is 24.8 Å². The van der Waals surface area contributed by atoms with Crippen LogP contribution in [0, 0.1) is 11.8 Å². The fourth-order valence-corrected chi connectivity index (χ4v) is 3.51. The number of hydrogen-bond donors (Lipinski definition) is 1. The molecule has 0 amide bonds. The number of nitrogens with one attached hydrogen (secondary N) is 1. The molecule has 18 heavy (non-hydrogen) atoms. The van der Waals surface area contributed by atoms with Crippen molar-refractivity contribution < 1.29 is 0 Å². The normalized spacial score (nSPS) is 30.1. The first-order chi connectivity index (χ1) is 8.63. The zero-order valence-electron chi connectivity index (χ0n) is 12.0. The highest BCUT2D eigenvalue weighted by Gasteiger charge is 2.24. The molecule has 0 aliphatic heterocycles. The van der Waals surface area contributed by atoms with Crippen molar-refractivity contribution >= 4 is 0 Å². The first-order valence-electron chi connectivity index (χ1n) is 7.43. The smallest absolute Gasteiger partial charge is 0.00817 e. The highest BCUT2D eigenvalue weighted by molar-refractivity contribution is 5.15. The van der Waals surface area contributed by atoms with Gasteiger partial charge in [0.2, 0.25) is 0 Å². The van der Waals surface area contributed by atoms with Crippen molar-refractivity contribution in [1.82, 2.24) is 5.32 Å². The Hall–Kier alpha value is -0.820. The molecular formula is C17H27N. The predicted molar refractivity (Wildman–Crippen MR) is 78.7 cm³/mol. The molecule has 1 aliphatic carbocycles. The molecule has 3 unspecified atom stereocenters. The van der Waals surface area contributed by atoms with Gasteiger partial charge < -0.3 is 5.32 Å². The van der Waals surface area contributed by atoms with E-state index in [2.05, 4.69) is 56.4 Å². The van der Waals surface area contributed by atoms with Gasteiger partial charge in [0.15, 0.2) is 0 Å². The van der Waals surface area contributed by atoms with Gasteiger partial charge in [0, 0.05) is 12.1 Å². The zero-order chi connectivity index (χ0) is 13.0. The monoisotopic (exact) mass is 245 g/mol. The zero-order valence-corrected chi connectivity index (χ0v) is 12.0. The highest BCUT2D eigenvalue weighted by Crippen LogP contribution is 2.28. The quantitative estimate of drug-likeness (QED) is 0.844. The van der Waals surface area contributed by atoms with Crippen molar-refractivity contribution in [3.05, 3.63) is 35.9 Å². The van der Waals surface area contributed by atoms with Crippen LogP contribution < -0.4 is 5.32 Å². The van der Waals surface area contributed by atoms with Gasteiger partial charge in [0.25, 0.3) is 0 Å². The van der Waals surface area contributed by atoms with Crippen LogP contribution in [0.25, 0.3) is 0 Å². The van der Waals surface area contributed by atoms with Gasteiger partial charge in [-0.2, -0.15) is 0 Å². The Morgan fingerprint density at radius 2 is 1.67 bits per heavy atom. The van der Waals surface area contributed by atoms with Gasteiger partial charge in [-0.25, -0.2) is 0 Å². The summed E-state index contributed by atoms with van der Waals surface area (Å²) in [6.45, 7) is 7.11. The molecule has 1 saturated carbocycles. The fourth-order valence-electron chi connectivity index (χ4n) is 3.51. The Balaban J connectivity index is 1.82. The molecular weight excluding hydrogens is 218 g/mol. The Kier molecular flexibility index (Phi) is 4.82. The van der Waals surface area contributed by atoms with Gasteiger partial charge in [0.05, 0.1) is 0 Å². The predicted octanol–water partition coefficient (Wildman–Crippen LogP) is 4.03. The lowest BCUT2D eigenvalue weighted by atomic mass is 9.80. The summed E-state index contributed by atoms with van der Waals surface area (Å²) in [5, 5.41) is 3.83. The third kappa shape index (κ3) is 4.13. The molecule has 0 spiro atoms. The summed E-state index contributed by atoms with van der Waals surface area (Å²) in [4.78, 5) is 0. The summed E-state index contributed by atoms with van der Waals surface area (Å²) >= 11 is 0. The van der Waals surface area contributed by atoms with E-state index < -0.39 is 0 Å². The SMILES string of the molecule is CC1CC(C)CC(NC(C)Cc2ccccc2)C1. The molecule has 1 nitrogen and oxygen atoms in total. The number of benzene rings is 1. The van der Waals surface area contributed by atoms with Gasteiger partial charge in [-0.3, -0.25) is 0 Å². The lowest BCUT2D eigenvalue weighted by molar-refractivity contribution is 0.227. The molecule has 1 heteroatoms. The van der Waals surface area contributed by atoms with Gasteiger partial charge in [0.1, 0.15) is 0 Å². The van der Waals surface area contributed by atoms with Crippen LogP contribution >= 0.6 is 0 Å². The summed E-state index contributed by atoms with van der Waals surface area (Å²) < 4.78 is 0. The Morgan fingerprint density at radius 1 is 1.06 bits per heavy atom. The van der Waals surface area contributed by atoms with Crippen LogP contribution in [0.4, 0.5) is 0 Å². The summed E-state index contributed by atoms with van der Waals surface area (Å²) in [5.41, 5.74) is 1.44. The van der Waals surface area contributed by atoms with E-state index in [-0.39, 0.29) is 0 Å². The number of hydrogen-bond acceptors (Lipinski definition) is 1. The molecule has 0 aromatic heterocycles. The fraction of sp³-hybridized carbons (Fsp3) is 0.647. The molecule has 1 aromatic rings. The standard InChI is InChI=1S/C17H27N/c1-13-9-14(2)11-17(10-13)18-15(3)12-16-7-5-4-6-8-16/h4-8,13-15,17-18H,9-12H2,1-3H3. The maximum absolute atomic E-state index is 3.83. The Labute approximate surface area is 112 Å². The molecule has 2 rings (SSSR count). The van der Waals surface area contributed by atoms with E-state index in [1.54, 1.807) is 0 Å². The first kappa shape index (κ1) is 13.6. The third-order valence-electron chi connectivity index (χ3n) is 4.08. The average molecular weight is 245 g/mol. The van der Waals surface area contributed by atoms with Crippen LogP contribution in [0.15, 0.2) is 30.3 Å². The largest absolute Gasteiger partial charge is 0.311 e. The van der Waals surface area contributed by atoms with E-state index in [9.17, 15) is 0 Å². The summed E-state index contributed by atoms with van der Waals surface area (Å²) in [7, 11) is 0. The van der Waals surface area contributed by atoms with Gasteiger partial charge in [-0.05, 0) is 50.0 Å². The first-order valence-corrected chi connectivity index (χ1v) is 7.43. The van der Waals surface area contributed by atoms with Crippen molar-refractivity contribution in [2.45, 2.75) is 58.5 Å². The number of rotatable bonds is 4. The van der Waals surface area contributed by atoms with Crippen molar-refractivity contribution in [3.63, 3.8) is 0 Å². The minimum atomic E-state index is 0.579. The van der Waals surface area contributed by atoms with Crippen molar-refractivity contribution in [1.29, 1.82) is 0 Å². The topological polar surface area (TPSA) is 12.0 Å². The second-order valence-corrected chi connectivity index (χ2v) is 6.37. The van der Waals surface area contributed by atoms with Gasteiger partial charge in [-0.15, -0.1) is 0 Å². The van der Waals surface area contributed by atoms with Crippen LogP contribution in [-0.4, -0.2) is 12.1 Å². The van der Waals surface area contributed by atoms with Crippen molar-refractivity contribution in [2.75, 3.05) is 0 Å². The highest BCUT2D eigenvalue weighted by atomic mass is 14.9. The van der Waals surface area contributed by atoms with Crippen LogP contribution in [0.3, 0.4) is 0 Å². The molecule has 100 valence electrons. The Bertz CT molecular complexity index is 336. The summed E-state index contributed by atoms with van der Waals surface area (Å²) in [6.07, 6.45) is 5.25. The summed E-state index contributed by atoms with van der Waals surface area (Å²) in [6, 6.07) is 12.1. The molecule has 0 radical (unpaired) electrons. The van der Waals surface area contributed by atoms with E-state index in [4.69, 9.17) is 0 Å². The van der Waals surface area contributed by atoms with Crippen LogP contribution in [0.2, 0.25) is 0 Å². The molecule has 3 atom stereocenters. The minimum absolute atomic E-state index is 0.579. The second-order valence-electron chi connectivity index (χ2n) is 6.37. The maximum atomic E-state index is 3.83. The molecule has 1 aliphatic rings. The van der Waals surface area contributed by atoms with Crippen molar-refractivity contribution in [3.8, 4) is 0 Å². The van der Waals surface area contributed by atoms with Crippen molar-refractivity contribution in [2.24, 2.45) is 11.8 Å². The second kappa shape index (κ2) is 6.38. The van der Waals surface area contributed by atoms with E-state index >= 15 is 0 Å². The van der Waals surface area contributed by atoms with E-state index in [1.807, 2.05) is 0 Å². The molecule has 0 bridgehead atoms. The minimum Gasteiger partial charge on any atom is -0.311 e. The third-order valence-corrected chi connectivity index (χ3v) is 4.08. The van der Waals surface area contributed by atoms with Gasteiger partial charge >= 0.3 is 0 Å². The molecule has 1 N–H and O–H groups in total. The van der Waals surface area contributed by atoms with Crippen LogP contribution in [-0.2, 0) is 6.42 Å². The van der Waals surface area contributed by atoms with Gasteiger partial charge in [-0.1, -0.05) is 44.2 Å². The molecule has 1 aromatic carbocycles. The summed E-state index contributed by atoms with van der Waals surface area (Å²) in [5.74, 6) is 1.77. The molecule has 0 heterocycles. The molecule has 1 fully saturated rings. The lowest BCUT2D eigenvalue weighted by Crippen LogP contribution is -2.42. The van der Waals surface area contributed by atoms with E-state index in [0.717, 1.165) is 24.3 Å². The van der Waals surface area contributed by atoms with E-state index in [0.29, 0.717) is 6.04 Å². The maximum Gasteiger partial charge on any atom is 0.00817 e. The average Bonchev–Trinajstić information content (AvgIpc) is 2.28. The molecule has 0 saturated heterocycles. The lowest BCUT2D eigenvalue weighted by Gasteiger charge is -2.34. The van der Waals surface area contributed by atoms with Crippen LogP contribution in [0.5, 0.6) is 0 Å². The van der Waals surface area contributed by atoms with Crippen LogP contribution in [0.1, 0.15) is 45.6 Å². The Morgan fingerprint density at radius 3 is 2.28 bits per heavy atom.